The normalized spacial score (nSPS) is 30.2. The Balaban J connectivity index is 2.06. The van der Waals surface area contributed by atoms with E-state index >= 15 is 0 Å². The number of hydrogen-bond donors (Lipinski definition) is 4. The molecule has 9 nitrogen and oxygen atoms in total. The van der Waals surface area contributed by atoms with Gasteiger partial charge >= 0.3 is 5.69 Å². The SMILES string of the molecule is Cc1nc2nc(=O)n([C@@H]3O[C@H](CO)C(O)[C@@H]3O)cc2[nH]1. The van der Waals surface area contributed by atoms with Crippen LogP contribution in [0.15, 0.2) is 11.0 Å². The van der Waals surface area contributed by atoms with Crippen LogP contribution in [0.3, 0.4) is 0 Å². The number of imidazole rings is 1. The Hall–Kier alpha value is -1.81. The van der Waals surface area contributed by atoms with Gasteiger partial charge in [0.25, 0.3) is 0 Å². The number of aliphatic hydroxyl groups is 3. The third-order valence-electron chi connectivity index (χ3n) is 3.31. The summed E-state index contributed by atoms with van der Waals surface area (Å²) in [4.78, 5) is 22.7. The van der Waals surface area contributed by atoms with Gasteiger partial charge in [0.05, 0.1) is 6.61 Å². The number of aromatic amines is 1. The molecule has 1 fully saturated rings. The van der Waals surface area contributed by atoms with Crippen molar-refractivity contribution in [3.63, 3.8) is 0 Å². The molecule has 2 aromatic heterocycles. The predicted molar refractivity (Wildman–Crippen MR) is 65.9 cm³/mol. The molecule has 2 aromatic rings. The molecular weight excluding hydrogens is 268 g/mol. The summed E-state index contributed by atoms with van der Waals surface area (Å²) in [7, 11) is 0. The number of H-pyrrole nitrogens is 1. The van der Waals surface area contributed by atoms with Crippen LogP contribution in [0.2, 0.25) is 0 Å². The lowest BCUT2D eigenvalue weighted by Gasteiger charge is -2.16. The van der Waals surface area contributed by atoms with Gasteiger partial charge in [0, 0.05) is 6.20 Å². The maximum absolute atomic E-state index is 11.9. The lowest BCUT2D eigenvalue weighted by Crippen LogP contribution is -2.35. The summed E-state index contributed by atoms with van der Waals surface area (Å²) >= 11 is 0. The summed E-state index contributed by atoms with van der Waals surface area (Å²) < 4.78 is 6.37. The van der Waals surface area contributed by atoms with Gasteiger partial charge in [0.2, 0.25) is 0 Å². The number of hydrogen-bond acceptors (Lipinski definition) is 7. The molecule has 0 spiro atoms. The minimum absolute atomic E-state index is 0.274. The van der Waals surface area contributed by atoms with Gasteiger partial charge in [0.15, 0.2) is 11.9 Å². The fourth-order valence-corrected chi connectivity index (χ4v) is 2.31. The first-order valence-electron chi connectivity index (χ1n) is 6.09. The molecule has 3 rings (SSSR count). The number of aliphatic hydroxyl groups excluding tert-OH is 3. The van der Waals surface area contributed by atoms with Gasteiger partial charge in [-0.15, -0.1) is 0 Å². The van der Waals surface area contributed by atoms with E-state index in [0.717, 1.165) is 4.57 Å². The van der Waals surface area contributed by atoms with Crippen LogP contribution in [0.4, 0.5) is 0 Å². The van der Waals surface area contributed by atoms with Crippen molar-refractivity contribution in [1.82, 2.24) is 19.5 Å². The van der Waals surface area contributed by atoms with E-state index < -0.39 is 36.8 Å². The zero-order valence-electron chi connectivity index (χ0n) is 10.6. The van der Waals surface area contributed by atoms with Crippen molar-refractivity contribution in [1.29, 1.82) is 0 Å². The minimum Gasteiger partial charge on any atom is -0.394 e. The van der Waals surface area contributed by atoms with Crippen LogP contribution in [0.1, 0.15) is 12.1 Å². The highest BCUT2D eigenvalue weighted by atomic mass is 16.6. The quantitative estimate of drug-likeness (QED) is 0.502. The molecule has 1 unspecified atom stereocenters. The molecule has 0 saturated carbocycles. The van der Waals surface area contributed by atoms with E-state index in [9.17, 15) is 15.0 Å². The number of ether oxygens (including phenoxy) is 1. The Labute approximate surface area is 112 Å². The molecule has 4 atom stereocenters. The summed E-state index contributed by atoms with van der Waals surface area (Å²) in [5.74, 6) is 0.603. The van der Waals surface area contributed by atoms with E-state index in [1.165, 1.54) is 6.20 Å². The molecule has 1 saturated heterocycles. The standard InChI is InChI=1S/C11H14N4O5/c1-4-12-5-2-15(11(19)14-9(5)13-4)10-8(18)7(17)6(3-16)20-10/h2,6-8,10,16-18H,3H2,1H3,(H,12,13,14,19)/t6-,7?,8+,10-/m1/s1. The second-order valence-corrected chi connectivity index (χ2v) is 4.72. The first kappa shape index (κ1) is 13.2. The summed E-state index contributed by atoms with van der Waals surface area (Å²) in [6.07, 6.45) is -3.22. The van der Waals surface area contributed by atoms with E-state index in [1.54, 1.807) is 6.92 Å². The number of aryl methyl sites for hydroxylation is 1. The molecule has 1 aliphatic heterocycles. The summed E-state index contributed by atoms with van der Waals surface area (Å²) in [5, 5.41) is 28.7. The first-order valence-corrected chi connectivity index (χ1v) is 6.09. The van der Waals surface area contributed by atoms with Crippen molar-refractivity contribution in [2.45, 2.75) is 31.5 Å². The lowest BCUT2D eigenvalue weighted by atomic mass is 10.1. The Morgan fingerprint density at radius 2 is 2.15 bits per heavy atom. The van der Waals surface area contributed by atoms with Crippen molar-refractivity contribution in [2.75, 3.05) is 6.61 Å². The average molecular weight is 282 g/mol. The second kappa shape index (κ2) is 4.63. The topological polar surface area (TPSA) is 133 Å². The maximum Gasteiger partial charge on any atom is 0.351 e. The van der Waals surface area contributed by atoms with E-state index in [0.29, 0.717) is 11.3 Å². The number of rotatable bonds is 2. The molecule has 0 aliphatic carbocycles. The monoisotopic (exact) mass is 282 g/mol. The number of nitrogens with one attached hydrogen (secondary N) is 1. The first-order chi connectivity index (χ1) is 9.51. The van der Waals surface area contributed by atoms with E-state index in [2.05, 4.69) is 15.0 Å². The second-order valence-electron chi connectivity index (χ2n) is 4.72. The van der Waals surface area contributed by atoms with Gasteiger partial charge in [-0.05, 0) is 6.92 Å². The lowest BCUT2D eigenvalue weighted by molar-refractivity contribution is -0.0547. The van der Waals surface area contributed by atoms with Crippen LogP contribution in [-0.4, -0.2) is 59.8 Å². The molecule has 0 aromatic carbocycles. The van der Waals surface area contributed by atoms with Crippen LogP contribution < -0.4 is 5.69 Å². The number of fused-ring (bicyclic) bond motifs is 1. The fourth-order valence-electron chi connectivity index (χ4n) is 2.31. The van der Waals surface area contributed by atoms with Gasteiger partial charge < -0.3 is 25.0 Å². The Morgan fingerprint density at radius 3 is 2.80 bits per heavy atom. The molecule has 108 valence electrons. The maximum atomic E-state index is 11.9. The van der Waals surface area contributed by atoms with Gasteiger partial charge in [-0.1, -0.05) is 0 Å². The molecule has 0 bridgehead atoms. The molecule has 4 N–H and O–H groups in total. The summed E-state index contributed by atoms with van der Waals surface area (Å²) in [5.41, 5.74) is 0.133. The highest BCUT2D eigenvalue weighted by Crippen LogP contribution is 2.28. The van der Waals surface area contributed by atoms with Gasteiger partial charge in [0.1, 0.15) is 29.7 Å². The summed E-state index contributed by atoms with van der Waals surface area (Å²) in [6.45, 7) is 1.27. The molecule has 3 heterocycles. The van der Waals surface area contributed by atoms with Crippen LogP contribution in [0.25, 0.3) is 11.2 Å². The third kappa shape index (κ3) is 1.91. The molecule has 20 heavy (non-hydrogen) atoms. The molecule has 0 radical (unpaired) electrons. The van der Waals surface area contributed by atoms with Crippen molar-refractivity contribution >= 4 is 11.2 Å². The largest absolute Gasteiger partial charge is 0.394 e. The Morgan fingerprint density at radius 1 is 1.40 bits per heavy atom. The van der Waals surface area contributed by atoms with Gasteiger partial charge in [-0.2, -0.15) is 4.98 Å². The Kier molecular flexibility index (Phi) is 3.05. The Bertz CT molecular complexity index is 696. The fraction of sp³-hybridized carbons (Fsp3) is 0.545. The van der Waals surface area contributed by atoms with Crippen LogP contribution >= 0.6 is 0 Å². The van der Waals surface area contributed by atoms with E-state index in [4.69, 9.17) is 9.84 Å². The molecule has 1 aliphatic rings. The van der Waals surface area contributed by atoms with E-state index in [-0.39, 0.29) is 5.65 Å². The predicted octanol–water partition coefficient (Wildman–Crippen LogP) is -1.96. The summed E-state index contributed by atoms with van der Waals surface area (Å²) in [6, 6.07) is 0. The number of nitrogens with zero attached hydrogens (tertiary/aromatic N) is 3. The molecule has 9 heteroatoms. The zero-order chi connectivity index (χ0) is 14.4. The highest BCUT2D eigenvalue weighted by Gasteiger charge is 2.43. The van der Waals surface area contributed by atoms with Crippen LogP contribution in [0, 0.1) is 6.92 Å². The molecule has 0 amide bonds. The van der Waals surface area contributed by atoms with Crippen molar-refractivity contribution in [3.8, 4) is 0 Å². The minimum atomic E-state index is -1.33. The highest BCUT2D eigenvalue weighted by molar-refractivity contribution is 5.68. The zero-order valence-corrected chi connectivity index (χ0v) is 10.6. The van der Waals surface area contributed by atoms with Crippen LogP contribution in [0.5, 0.6) is 0 Å². The smallest absolute Gasteiger partial charge is 0.351 e. The number of aromatic nitrogens is 4. The van der Waals surface area contributed by atoms with Gasteiger partial charge in [-0.25, -0.2) is 9.78 Å². The van der Waals surface area contributed by atoms with Crippen LogP contribution in [-0.2, 0) is 4.74 Å². The van der Waals surface area contributed by atoms with Gasteiger partial charge in [-0.3, -0.25) is 4.57 Å². The van der Waals surface area contributed by atoms with Crippen molar-refractivity contribution in [3.05, 3.63) is 22.5 Å². The van der Waals surface area contributed by atoms with Crippen molar-refractivity contribution in [2.24, 2.45) is 0 Å². The van der Waals surface area contributed by atoms with Crippen molar-refractivity contribution < 1.29 is 20.1 Å². The third-order valence-corrected chi connectivity index (χ3v) is 3.31. The van der Waals surface area contributed by atoms with E-state index in [1.807, 2.05) is 0 Å². The average Bonchev–Trinajstić information content (AvgIpc) is 2.89. The molecular formula is C11H14N4O5.